The first-order chi connectivity index (χ1) is 15.9. The summed E-state index contributed by atoms with van der Waals surface area (Å²) in [5.74, 6) is -0.126. The largest absolute Gasteiger partial charge is 0.496 e. The summed E-state index contributed by atoms with van der Waals surface area (Å²) in [6.45, 7) is 2.97. The molecule has 0 radical (unpaired) electrons. The standard InChI is InChI=1S/C24H29N5O4/c1-14-18(11-12-33-14)29-22(25)20(23(26)30)21(28-29)16-9-7-15(8-10-16)13-27-24(31)17-5-3-4-6-19(17)32-2/h3-9,14,16,18H,10-13,25H2,1-2H3,(H2,26,30)(H,27,31)/t14-,16?,18-/m0/s1. The molecule has 1 aromatic heterocycles. The van der Waals surface area contributed by atoms with Gasteiger partial charge in [-0.25, -0.2) is 4.68 Å². The maximum atomic E-state index is 12.5. The van der Waals surface area contributed by atoms with Crippen LogP contribution < -0.4 is 21.5 Å². The van der Waals surface area contributed by atoms with Crippen molar-refractivity contribution in [3.63, 3.8) is 0 Å². The van der Waals surface area contributed by atoms with Crippen LogP contribution in [0.2, 0.25) is 0 Å². The maximum Gasteiger partial charge on any atom is 0.255 e. The van der Waals surface area contributed by atoms with E-state index in [1.165, 1.54) is 7.11 Å². The summed E-state index contributed by atoms with van der Waals surface area (Å²) in [6.07, 6.45) is 7.27. The fourth-order valence-corrected chi connectivity index (χ4v) is 4.38. The monoisotopic (exact) mass is 451 g/mol. The van der Waals surface area contributed by atoms with Gasteiger partial charge in [0.05, 0.1) is 30.5 Å². The molecule has 2 amide bonds. The number of nitrogens with one attached hydrogen (secondary N) is 1. The van der Waals surface area contributed by atoms with E-state index in [1.807, 2.05) is 31.2 Å². The molecule has 1 saturated heterocycles. The first-order valence-corrected chi connectivity index (χ1v) is 11.0. The molecule has 2 aromatic rings. The molecule has 1 unspecified atom stereocenters. The van der Waals surface area contributed by atoms with Crippen LogP contribution in [0, 0.1) is 0 Å². The molecule has 33 heavy (non-hydrogen) atoms. The zero-order chi connectivity index (χ0) is 23.5. The molecule has 9 nitrogen and oxygen atoms in total. The predicted molar refractivity (Wildman–Crippen MR) is 124 cm³/mol. The second-order valence-electron chi connectivity index (χ2n) is 8.25. The Kier molecular flexibility index (Phi) is 6.50. The Labute approximate surface area is 192 Å². The Balaban J connectivity index is 1.46. The smallest absolute Gasteiger partial charge is 0.255 e. The molecular weight excluding hydrogens is 422 g/mol. The number of benzene rings is 1. The van der Waals surface area contributed by atoms with Gasteiger partial charge in [0, 0.05) is 19.1 Å². The highest BCUT2D eigenvalue weighted by Gasteiger charge is 2.33. The van der Waals surface area contributed by atoms with E-state index < -0.39 is 5.91 Å². The fraction of sp³-hybridized carbons (Fsp3) is 0.375. The lowest BCUT2D eigenvalue weighted by atomic mass is 9.91. The number of allylic oxidation sites excluding steroid dienone is 2. The summed E-state index contributed by atoms with van der Waals surface area (Å²) in [5.41, 5.74) is 14.2. The molecule has 1 aromatic carbocycles. The van der Waals surface area contributed by atoms with Crippen LogP contribution in [0.4, 0.5) is 5.82 Å². The van der Waals surface area contributed by atoms with E-state index in [-0.39, 0.29) is 35.4 Å². The Bertz CT molecular complexity index is 1120. The summed E-state index contributed by atoms with van der Waals surface area (Å²) in [4.78, 5) is 24.7. The molecule has 0 saturated carbocycles. The molecule has 2 aliphatic rings. The lowest BCUT2D eigenvalue weighted by Crippen LogP contribution is -2.26. The number of anilines is 1. The van der Waals surface area contributed by atoms with Crippen LogP contribution in [-0.2, 0) is 4.74 Å². The molecule has 174 valence electrons. The summed E-state index contributed by atoms with van der Waals surface area (Å²) in [5, 5.41) is 7.61. The van der Waals surface area contributed by atoms with Gasteiger partial charge < -0.3 is 26.3 Å². The van der Waals surface area contributed by atoms with Crippen molar-refractivity contribution in [2.24, 2.45) is 5.73 Å². The number of rotatable bonds is 7. The van der Waals surface area contributed by atoms with Gasteiger partial charge in [-0.05, 0) is 37.5 Å². The number of carbonyl (C=O) groups is 2. The Hall–Kier alpha value is -3.59. The molecule has 4 rings (SSSR count). The minimum atomic E-state index is -0.590. The molecule has 1 aliphatic heterocycles. The number of nitrogens with zero attached hydrogens (tertiary/aromatic N) is 2. The number of ether oxygens (including phenoxy) is 2. The third kappa shape index (κ3) is 4.49. The lowest BCUT2D eigenvalue weighted by Gasteiger charge is -2.17. The van der Waals surface area contributed by atoms with Crippen LogP contribution in [-0.4, -0.2) is 48.0 Å². The normalized spacial score (nSPS) is 22.1. The van der Waals surface area contributed by atoms with Gasteiger partial charge in [0.1, 0.15) is 17.1 Å². The summed E-state index contributed by atoms with van der Waals surface area (Å²) < 4.78 is 12.6. The highest BCUT2D eigenvalue weighted by Crippen LogP contribution is 2.35. The lowest BCUT2D eigenvalue weighted by molar-refractivity contribution is 0.0952. The molecular formula is C24H29N5O4. The maximum absolute atomic E-state index is 12.5. The van der Waals surface area contributed by atoms with E-state index in [0.29, 0.717) is 36.6 Å². The number of methoxy groups -OCH3 is 1. The van der Waals surface area contributed by atoms with Gasteiger partial charge in [-0.3, -0.25) is 9.59 Å². The van der Waals surface area contributed by atoms with Crippen molar-refractivity contribution in [1.82, 2.24) is 15.1 Å². The highest BCUT2D eigenvalue weighted by atomic mass is 16.5. The Morgan fingerprint density at radius 3 is 2.76 bits per heavy atom. The number of carbonyl (C=O) groups excluding carboxylic acids is 2. The molecule has 2 heterocycles. The van der Waals surface area contributed by atoms with Crippen molar-refractivity contribution in [2.45, 2.75) is 37.8 Å². The van der Waals surface area contributed by atoms with Gasteiger partial charge in [0.15, 0.2) is 0 Å². The van der Waals surface area contributed by atoms with Gasteiger partial charge >= 0.3 is 0 Å². The predicted octanol–water partition coefficient (Wildman–Crippen LogP) is 2.32. The molecule has 0 bridgehead atoms. The van der Waals surface area contributed by atoms with E-state index in [1.54, 1.807) is 22.9 Å². The minimum absolute atomic E-state index is 0.0271. The summed E-state index contributed by atoms with van der Waals surface area (Å²) >= 11 is 0. The van der Waals surface area contributed by atoms with Crippen molar-refractivity contribution in [3.8, 4) is 5.75 Å². The molecule has 0 spiro atoms. The van der Waals surface area contributed by atoms with Crippen LogP contribution in [0.5, 0.6) is 5.75 Å². The number of primary amides is 1. The van der Waals surface area contributed by atoms with Crippen molar-refractivity contribution in [1.29, 1.82) is 0 Å². The fourth-order valence-electron chi connectivity index (χ4n) is 4.38. The number of hydrogen-bond donors (Lipinski definition) is 3. The van der Waals surface area contributed by atoms with Crippen LogP contribution in [0.15, 0.2) is 48.1 Å². The average molecular weight is 452 g/mol. The van der Waals surface area contributed by atoms with E-state index in [2.05, 4.69) is 5.32 Å². The zero-order valence-corrected chi connectivity index (χ0v) is 18.8. The summed E-state index contributed by atoms with van der Waals surface area (Å²) in [7, 11) is 1.54. The van der Waals surface area contributed by atoms with Crippen molar-refractivity contribution < 1.29 is 19.1 Å². The first kappa shape index (κ1) is 22.6. The highest BCUT2D eigenvalue weighted by molar-refractivity contribution is 5.99. The van der Waals surface area contributed by atoms with Gasteiger partial charge in [-0.2, -0.15) is 5.10 Å². The Morgan fingerprint density at radius 1 is 1.33 bits per heavy atom. The van der Waals surface area contributed by atoms with Crippen LogP contribution in [0.25, 0.3) is 0 Å². The van der Waals surface area contributed by atoms with E-state index in [0.717, 1.165) is 12.0 Å². The molecule has 9 heteroatoms. The molecule has 1 fully saturated rings. The third-order valence-electron chi connectivity index (χ3n) is 6.20. The second-order valence-corrected chi connectivity index (χ2v) is 8.25. The first-order valence-electron chi connectivity index (χ1n) is 11.0. The quantitative estimate of drug-likeness (QED) is 0.591. The number of para-hydroxylation sites is 1. The average Bonchev–Trinajstić information content (AvgIpc) is 3.40. The third-order valence-corrected chi connectivity index (χ3v) is 6.20. The van der Waals surface area contributed by atoms with Crippen LogP contribution >= 0.6 is 0 Å². The number of hydrogen-bond acceptors (Lipinski definition) is 6. The van der Waals surface area contributed by atoms with Crippen LogP contribution in [0.3, 0.4) is 0 Å². The van der Waals surface area contributed by atoms with Gasteiger partial charge in [-0.15, -0.1) is 0 Å². The Morgan fingerprint density at radius 2 is 2.12 bits per heavy atom. The molecule has 1 aliphatic carbocycles. The second kappa shape index (κ2) is 9.50. The van der Waals surface area contributed by atoms with Crippen LogP contribution in [0.1, 0.15) is 58.1 Å². The number of amides is 2. The topological polar surface area (TPSA) is 134 Å². The van der Waals surface area contributed by atoms with Crippen molar-refractivity contribution in [2.75, 3.05) is 26.0 Å². The van der Waals surface area contributed by atoms with E-state index >= 15 is 0 Å². The zero-order valence-electron chi connectivity index (χ0n) is 18.8. The van der Waals surface area contributed by atoms with Gasteiger partial charge in [-0.1, -0.05) is 30.4 Å². The van der Waals surface area contributed by atoms with Crippen molar-refractivity contribution >= 4 is 17.6 Å². The van der Waals surface area contributed by atoms with Gasteiger partial charge in [0.2, 0.25) is 0 Å². The van der Waals surface area contributed by atoms with E-state index in [4.69, 9.17) is 26.0 Å². The minimum Gasteiger partial charge on any atom is -0.496 e. The number of aromatic nitrogens is 2. The SMILES string of the molecule is COc1ccccc1C(=O)NCC1=CCC(c2nn([C@H]3CCO[C@H]3C)c(N)c2C(N)=O)C=C1. The number of nitrogens with two attached hydrogens (primary N) is 2. The molecule has 5 N–H and O–H groups in total. The van der Waals surface area contributed by atoms with Crippen molar-refractivity contribution in [3.05, 3.63) is 64.9 Å². The molecule has 3 atom stereocenters. The van der Waals surface area contributed by atoms with Gasteiger partial charge in [0.25, 0.3) is 11.8 Å². The van der Waals surface area contributed by atoms with E-state index in [9.17, 15) is 9.59 Å². The number of nitrogen functional groups attached to an aromatic ring is 1. The summed E-state index contributed by atoms with van der Waals surface area (Å²) in [6, 6.07) is 7.05.